The van der Waals surface area contributed by atoms with Crippen molar-refractivity contribution >= 4 is 12.1 Å². The van der Waals surface area contributed by atoms with E-state index in [9.17, 15) is 18.4 Å². The van der Waals surface area contributed by atoms with Gasteiger partial charge in [-0.25, -0.2) is 18.4 Å². The molecule has 0 saturated carbocycles. The number of ether oxygens (including phenoxy) is 3. The number of methoxy groups -OCH3 is 1. The maximum atomic E-state index is 12.8. The minimum atomic E-state index is -2.50. The lowest BCUT2D eigenvalue weighted by atomic mass is 9.88. The number of nitrogens with zero attached hydrogens (tertiary/aromatic N) is 2. The van der Waals surface area contributed by atoms with Gasteiger partial charge in [0, 0.05) is 26.2 Å². The van der Waals surface area contributed by atoms with Gasteiger partial charge in [0.25, 0.3) is 6.43 Å². The number of carbonyl (C=O) groups is 2. The van der Waals surface area contributed by atoms with Crippen LogP contribution in [-0.4, -0.2) is 85.4 Å². The summed E-state index contributed by atoms with van der Waals surface area (Å²) in [5, 5.41) is 0. The highest BCUT2D eigenvalue weighted by molar-refractivity contribution is 5.75. The zero-order valence-electron chi connectivity index (χ0n) is 15.8. The van der Waals surface area contributed by atoms with Gasteiger partial charge < -0.3 is 19.1 Å². The zero-order chi connectivity index (χ0) is 19.5. The van der Waals surface area contributed by atoms with Crippen molar-refractivity contribution in [2.45, 2.75) is 57.3 Å². The van der Waals surface area contributed by atoms with Gasteiger partial charge in [0.05, 0.1) is 19.3 Å². The molecule has 2 fully saturated rings. The third kappa shape index (κ3) is 5.51. The van der Waals surface area contributed by atoms with Crippen LogP contribution in [0, 0.1) is 0 Å². The Morgan fingerprint density at radius 3 is 2.38 bits per heavy atom. The van der Waals surface area contributed by atoms with Gasteiger partial charge in [-0.05, 0) is 33.6 Å². The lowest BCUT2D eigenvalue weighted by Crippen LogP contribution is -2.62. The van der Waals surface area contributed by atoms with Gasteiger partial charge in [0.1, 0.15) is 5.60 Å². The smallest absolute Gasteiger partial charge is 0.410 e. The molecule has 0 radical (unpaired) electrons. The fourth-order valence-electron chi connectivity index (χ4n) is 3.37. The summed E-state index contributed by atoms with van der Waals surface area (Å²) < 4.78 is 41.7. The first-order valence-electron chi connectivity index (χ1n) is 8.78. The van der Waals surface area contributed by atoms with E-state index in [0.717, 1.165) is 0 Å². The van der Waals surface area contributed by atoms with E-state index in [2.05, 4.69) is 0 Å². The molecule has 2 aliphatic rings. The molecule has 1 amide bonds. The summed E-state index contributed by atoms with van der Waals surface area (Å²) >= 11 is 0. The quantitative estimate of drug-likeness (QED) is 0.699. The minimum absolute atomic E-state index is 0.0779. The molecule has 7 nitrogen and oxygen atoms in total. The molecule has 9 heteroatoms. The Kier molecular flexibility index (Phi) is 6.44. The summed E-state index contributed by atoms with van der Waals surface area (Å²) in [6.45, 7) is 6.10. The van der Waals surface area contributed by atoms with E-state index < -0.39 is 42.3 Å². The Morgan fingerprint density at radius 2 is 1.88 bits per heavy atom. The van der Waals surface area contributed by atoms with Crippen molar-refractivity contribution in [1.29, 1.82) is 0 Å². The van der Waals surface area contributed by atoms with E-state index in [1.807, 2.05) is 0 Å². The predicted octanol–water partition coefficient (Wildman–Crippen LogP) is 1.89. The van der Waals surface area contributed by atoms with Crippen LogP contribution < -0.4 is 0 Å². The van der Waals surface area contributed by atoms with E-state index in [1.165, 1.54) is 7.11 Å². The van der Waals surface area contributed by atoms with E-state index in [4.69, 9.17) is 14.2 Å². The summed E-state index contributed by atoms with van der Waals surface area (Å²) in [7, 11) is 1.25. The molecule has 0 aromatic rings. The van der Waals surface area contributed by atoms with Crippen molar-refractivity contribution in [3.63, 3.8) is 0 Å². The first-order chi connectivity index (χ1) is 12.0. The summed E-state index contributed by atoms with van der Waals surface area (Å²) in [5.74, 6) is -0.571. The summed E-state index contributed by atoms with van der Waals surface area (Å²) in [5.41, 5.74) is -1.33. The molecule has 1 unspecified atom stereocenters. The van der Waals surface area contributed by atoms with Crippen LogP contribution in [0.15, 0.2) is 0 Å². The summed E-state index contributed by atoms with van der Waals surface area (Å²) in [6.07, 6.45) is -2.91. The van der Waals surface area contributed by atoms with E-state index >= 15 is 0 Å². The van der Waals surface area contributed by atoms with Gasteiger partial charge in [-0.15, -0.1) is 0 Å². The van der Waals surface area contributed by atoms with Gasteiger partial charge in [-0.3, -0.25) is 4.90 Å². The first-order valence-corrected chi connectivity index (χ1v) is 8.78. The van der Waals surface area contributed by atoms with Crippen molar-refractivity contribution in [3.8, 4) is 0 Å². The molecule has 1 atom stereocenters. The molecule has 0 aromatic carbocycles. The van der Waals surface area contributed by atoms with Gasteiger partial charge in [0.2, 0.25) is 0 Å². The molecule has 0 aromatic heterocycles. The third-order valence-electron chi connectivity index (χ3n) is 4.51. The molecular formula is C17H28F2N2O5. The monoisotopic (exact) mass is 378 g/mol. The molecule has 1 spiro atoms. The molecule has 0 N–H and O–H groups in total. The number of morpholine rings is 1. The van der Waals surface area contributed by atoms with Crippen molar-refractivity contribution in [1.82, 2.24) is 9.80 Å². The number of halogens is 2. The normalized spacial score (nSPS) is 24.0. The fourth-order valence-corrected chi connectivity index (χ4v) is 3.37. The van der Waals surface area contributed by atoms with Gasteiger partial charge in [0.15, 0.2) is 6.10 Å². The predicted molar refractivity (Wildman–Crippen MR) is 89.1 cm³/mol. The van der Waals surface area contributed by atoms with Crippen LogP contribution in [0.1, 0.15) is 33.6 Å². The Hall–Kier alpha value is -1.48. The number of hydrogen-bond donors (Lipinski definition) is 0. The van der Waals surface area contributed by atoms with E-state index in [-0.39, 0.29) is 6.54 Å². The lowest BCUT2D eigenvalue weighted by Gasteiger charge is -2.49. The average Bonchev–Trinajstić information content (AvgIpc) is 2.52. The first kappa shape index (κ1) is 20.8. The highest BCUT2D eigenvalue weighted by Gasteiger charge is 2.46. The molecule has 0 aliphatic carbocycles. The van der Waals surface area contributed by atoms with Crippen LogP contribution in [0.25, 0.3) is 0 Å². The molecule has 2 aliphatic heterocycles. The number of carbonyl (C=O) groups excluding carboxylic acids is 2. The third-order valence-corrected chi connectivity index (χ3v) is 4.51. The number of likely N-dealkylation sites (tertiary alicyclic amines) is 1. The maximum Gasteiger partial charge on any atom is 0.410 e. The Balaban J connectivity index is 2.03. The largest absolute Gasteiger partial charge is 0.467 e. The van der Waals surface area contributed by atoms with Crippen LogP contribution in [-0.2, 0) is 19.0 Å². The second kappa shape index (κ2) is 8.04. The Labute approximate surface area is 152 Å². The van der Waals surface area contributed by atoms with Crippen LogP contribution >= 0.6 is 0 Å². The average molecular weight is 378 g/mol. The number of amides is 1. The second-order valence-electron chi connectivity index (χ2n) is 7.87. The second-order valence-corrected chi connectivity index (χ2v) is 7.87. The van der Waals surface area contributed by atoms with Crippen LogP contribution in [0.5, 0.6) is 0 Å². The summed E-state index contributed by atoms with van der Waals surface area (Å²) in [4.78, 5) is 27.2. The molecular weight excluding hydrogens is 350 g/mol. The highest BCUT2D eigenvalue weighted by atomic mass is 19.3. The minimum Gasteiger partial charge on any atom is -0.467 e. The zero-order valence-corrected chi connectivity index (χ0v) is 15.8. The van der Waals surface area contributed by atoms with Crippen molar-refractivity contribution in [2.24, 2.45) is 0 Å². The topological polar surface area (TPSA) is 68.3 Å². The SMILES string of the molecule is COC(=O)C1CN(CC(F)F)CC2(CCN(C(=O)OC(C)(C)C)CC2)O1. The van der Waals surface area contributed by atoms with Crippen LogP contribution in [0.3, 0.4) is 0 Å². The van der Waals surface area contributed by atoms with Gasteiger partial charge in [-0.2, -0.15) is 0 Å². The number of esters is 1. The lowest BCUT2D eigenvalue weighted by molar-refractivity contribution is -0.199. The van der Waals surface area contributed by atoms with Crippen LogP contribution in [0.4, 0.5) is 13.6 Å². The van der Waals surface area contributed by atoms with Crippen molar-refractivity contribution in [2.75, 3.05) is 39.8 Å². The fraction of sp³-hybridized carbons (Fsp3) is 0.882. The molecule has 150 valence electrons. The molecule has 2 saturated heterocycles. The Bertz CT molecular complexity index is 516. The standard InChI is InChI=1S/C17H28F2N2O5/c1-16(2,3)26-15(23)21-7-5-17(6-8-21)11-20(10-13(18)19)9-12(25-17)14(22)24-4/h12-13H,5-11H2,1-4H3. The molecule has 2 rings (SSSR count). The highest BCUT2D eigenvalue weighted by Crippen LogP contribution is 2.33. The Morgan fingerprint density at radius 1 is 1.27 bits per heavy atom. The van der Waals surface area contributed by atoms with E-state index in [0.29, 0.717) is 32.5 Å². The van der Waals surface area contributed by atoms with Gasteiger partial charge in [-0.1, -0.05) is 0 Å². The number of rotatable bonds is 3. The number of alkyl halides is 2. The molecule has 26 heavy (non-hydrogen) atoms. The van der Waals surface area contributed by atoms with Crippen LogP contribution in [0.2, 0.25) is 0 Å². The summed E-state index contributed by atoms with van der Waals surface area (Å²) in [6, 6.07) is 0. The van der Waals surface area contributed by atoms with Crippen molar-refractivity contribution < 1.29 is 32.6 Å². The number of piperidine rings is 1. The van der Waals surface area contributed by atoms with Gasteiger partial charge >= 0.3 is 12.1 Å². The van der Waals surface area contributed by atoms with Crippen molar-refractivity contribution in [3.05, 3.63) is 0 Å². The maximum absolute atomic E-state index is 12.8. The van der Waals surface area contributed by atoms with E-state index in [1.54, 1.807) is 30.6 Å². The number of hydrogen-bond acceptors (Lipinski definition) is 6. The molecule has 0 bridgehead atoms. The molecule has 2 heterocycles.